The van der Waals surface area contributed by atoms with Crippen molar-refractivity contribution in [3.63, 3.8) is 0 Å². The molecule has 2 amide bonds. The van der Waals surface area contributed by atoms with Crippen LogP contribution in [-0.4, -0.2) is 66.5 Å². The van der Waals surface area contributed by atoms with Crippen LogP contribution in [0.1, 0.15) is 10.5 Å². The molecule has 1 aliphatic rings. The number of halogens is 3. The van der Waals surface area contributed by atoms with E-state index in [0.717, 1.165) is 6.07 Å². The monoisotopic (exact) mass is 371 g/mol. The molecule has 1 N–H and O–H groups in total. The zero-order valence-corrected chi connectivity index (χ0v) is 14.2. The molecule has 3 rings (SSSR count). The van der Waals surface area contributed by atoms with Crippen LogP contribution >= 0.6 is 11.6 Å². The van der Waals surface area contributed by atoms with Gasteiger partial charge in [-0.2, -0.15) is 0 Å². The van der Waals surface area contributed by atoms with E-state index in [1.807, 2.05) is 0 Å². The summed E-state index contributed by atoms with van der Waals surface area (Å²) in [4.78, 5) is 30.0. The van der Waals surface area contributed by atoms with Gasteiger partial charge in [-0.25, -0.2) is 8.78 Å². The summed E-state index contributed by atoms with van der Waals surface area (Å²) in [6.07, 6.45) is 0. The normalized spacial score (nSPS) is 15.0. The number of piperazine rings is 1. The predicted molar refractivity (Wildman–Crippen MR) is 87.6 cm³/mol. The molecule has 1 aliphatic heterocycles. The highest BCUT2D eigenvalue weighted by molar-refractivity contribution is 6.35. The molecule has 1 fully saturated rings. The van der Waals surface area contributed by atoms with E-state index in [-0.39, 0.29) is 47.2 Å². The first kappa shape index (κ1) is 17.6. The number of nitrogens with one attached hydrogen (secondary N) is 1. The molecular weight excluding hydrogens is 356 g/mol. The van der Waals surface area contributed by atoms with Crippen LogP contribution in [0.5, 0.6) is 0 Å². The minimum Gasteiger partial charge on any atom is -0.375 e. The van der Waals surface area contributed by atoms with Crippen molar-refractivity contribution in [1.29, 1.82) is 0 Å². The Hall–Kier alpha value is -2.19. The van der Waals surface area contributed by atoms with E-state index in [0.29, 0.717) is 13.1 Å². The Morgan fingerprint density at radius 3 is 2.48 bits per heavy atom. The fourth-order valence-corrected chi connectivity index (χ4v) is 3.11. The molecular formula is C16H16ClF2N3O3. The van der Waals surface area contributed by atoms with Crippen molar-refractivity contribution in [1.82, 2.24) is 14.8 Å². The summed E-state index contributed by atoms with van der Waals surface area (Å²) in [5.41, 5.74) is -0.0136. The van der Waals surface area contributed by atoms with Gasteiger partial charge in [-0.05, 0) is 12.1 Å². The Morgan fingerprint density at radius 2 is 1.84 bits per heavy atom. The maximum absolute atomic E-state index is 14.6. The lowest BCUT2D eigenvalue weighted by Crippen LogP contribution is -2.51. The molecule has 0 unspecified atom stereocenters. The van der Waals surface area contributed by atoms with E-state index in [2.05, 4.69) is 4.98 Å². The number of nitrogens with zero attached hydrogens (tertiary/aromatic N) is 2. The lowest BCUT2D eigenvalue weighted by molar-refractivity contribution is -0.136. The van der Waals surface area contributed by atoms with Gasteiger partial charge in [-0.1, -0.05) is 11.6 Å². The van der Waals surface area contributed by atoms with Gasteiger partial charge in [0.05, 0.1) is 15.9 Å². The van der Waals surface area contributed by atoms with Gasteiger partial charge < -0.3 is 19.5 Å². The molecule has 9 heteroatoms. The number of carbonyl (C=O) groups excluding carboxylic acids is 2. The highest BCUT2D eigenvalue weighted by Gasteiger charge is 2.29. The highest BCUT2D eigenvalue weighted by atomic mass is 35.5. The SMILES string of the molecule is COCC(=O)N1CCN(C(=O)c2[nH]c3ccc(F)c(Cl)c3c2F)CC1. The average Bonchev–Trinajstić information content (AvgIpc) is 2.95. The third-order valence-corrected chi connectivity index (χ3v) is 4.56. The molecule has 1 aromatic heterocycles. The molecule has 134 valence electrons. The maximum atomic E-state index is 14.6. The van der Waals surface area contributed by atoms with Gasteiger partial charge in [0.1, 0.15) is 18.1 Å². The number of carbonyl (C=O) groups is 2. The van der Waals surface area contributed by atoms with Gasteiger partial charge in [0, 0.05) is 33.3 Å². The Kier molecular flexibility index (Phi) is 4.91. The van der Waals surface area contributed by atoms with E-state index >= 15 is 0 Å². The number of rotatable bonds is 3. The van der Waals surface area contributed by atoms with Gasteiger partial charge in [-0.3, -0.25) is 9.59 Å². The minimum atomic E-state index is -0.873. The molecule has 2 aromatic rings. The number of aromatic amines is 1. The van der Waals surface area contributed by atoms with Crippen LogP contribution in [0.3, 0.4) is 0 Å². The first-order valence-corrected chi connectivity index (χ1v) is 8.03. The van der Waals surface area contributed by atoms with Gasteiger partial charge in [0.25, 0.3) is 5.91 Å². The number of aromatic nitrogens is 1. The van der Waals surface area contributed by atoms with Crippen LogP contribution in [0.4, 0.5) is 8.78 Å². The molecule has 2 heterocycles. The van der Waals surface area contributed by atoms with E-state index in [4.69, 9.17) is 16.3 Å². The summed E-state index contributed by atoms with van der Waals surface area (Å²) in [7, 11) is 1.43. The number of amides is 2. The largest absolute Gasteiger partial charge is 0.375 e. The summed E-state index contributed by atoms with van der Waals surface area (Å²) < 4.78 is 32.9. The molecule has 0 saturated carbocycles. The van der Waals surface area contributed by atoms with Crippen LogP contribution < -0.4 is 0 Å². The zero-order valence-electron chi connectivity index (χ0n) is 13.4. The second-order valence-corrected chi connectivity index (χ2v) is 6.08. The maximum Gasteiger partial charge on any atom is 0.273 e. The zero-order chi connectivity index (χ0) is 18.1. The number of hydrogen-bond acceptors (Lipinski definition) is 3. The summed E-state index contributed by atoms with van der Waals surface area (Å²) in [6, 6.07) is 2.44. The van der Waals surface area contributed by atoms with E-state index < -0.39 is 17.5 Å². The molecule has 0 spiro atoms. The van der Waals surface area contributed by atoms with Crippen LogP contribution in [0, 0.1) is 11.6 Å². The summed E-state index contributed by atoms with van der Waals surface area (Å²) >= 11 is 5.80. The van der Waals surface area contributed by atoms with Crippen molar-refractivity contribution >= 4 is 34.3 Å². The molecule has 25 heavy (non-hydrogen) atoms. The van der Waals surface area contributed by atoms with Gasteiger partial charge in [0.2, 0.25) is 5.91 Å². The molecule has 0 bridgehead atoms. The van der Waals surface area contributed by atoms with Crippen LogP contribution in [0.15, 0.2) is 12.1 Å². The van der Waals surface area contributed by atoms with Crippen molar-refractivity contribution in [2.24, 2.45) is 0 Å². The number of fused-ring (bicyclic) bond motifs is 1. The lowest BCUT2D eigenvalue weighted by Gasteiger charge is -2.34. The van der Waals surface area contributed by atoms with E-state index in [9.17, 15) is 18.4 Å². The topological polar surface area (TPSA) is 65.6 Å². The van der Waals surface area contributed by atoms with Crippen molar-refractivity contribution in [2.75, 3.05) is 39.9 Å². The van der Waals surface area contributed by atoms with Gasteiger partial charge in [-0.15, -0.1) is 0 Å². The van der Waals surface area contributed by atoms with Crippen molar-refractivity contribution < 1.29 is 23.1 Å². The van der Waals surface area contributed by atoms with Crippen LogP contribution in [0.25, 0.3) is 10.9 Å². The summed E-state index contributed by atoms with van der Waals surface area (Å²) in [6.45, 7) is 1.20. The number of methoxy groups -OCH3 is 1. The van der Waals surface area contributed by atoms with E-state index in [1.165, 1.54) is 18.1 Å². The van der Waals surface area contributed by atoms with Crippen molar-refractivity contribution in [3.05, 3.63) is 34.5 Å². The van der Waals surface area contributed by atoms with Gasteiger partial charge >= 0.3 is 0 Å². The second kappa shape index (κ2) is 6.97. The number of benzene rings is 1. The summed E-state index contributed by atoms with van der Waals surface area (Å²) in [5, 5.41) is -0.501. The fraction of sp³-hybridized carbons (Fsp3) is 0.375. The van der Waals surface area contributed by atoms with E-state index in [1.54, 1.807) is 4.90 Å². The Bertz CT molecular complexity index is 832. The first-order chi connectivity index (χ1) is 11.9. The lowest BCUT2D eigenvalue weighted by atomic mass is 10.2. The number of hydrogen-bond donors (Lipinski definition) is 1. The molecule has 0 radical (unpaired) electrons. The second-order valence-electron chi connectivity index (χ2n) is 5.70. The molecule has 1 aromatic carbocycles. The third-order valence-electron chi connectivity index (χ3n) is 4.19. The molecule has 1 saturated heterocycles. The quantitative estimate of drug-likeness (QED) is 0.897. The first-order valence-electron chi connectivity index (χ1n) is 7.65. The molecule has 6 nitrogen and oxygen atoms in total. The fourth-order valence-electron chi connectivity index (χ4n) is 2.86. The Morgan fingerprint density at radius 1 is 1.20 bits per heavy atom. The Balaban J connectivity index is 1.79. The number of H-pyrrole nitrogens is 1. The minimum absolute atomic E-state index is 0.0192. The van der Waals surface area contributed by atoms with Crippen molar-refractivity contribution in [2.45, 2.75) is 0 Å². The van der Waals surface area contributed by atoms with Gasteiger partial charge in [0.15, 0.2) is 5.82 Å². The standard InChI is InChI=1S/C16H16ClF2N3O3/c1-25-8-11(23)21-4-6-22(7-5-21)16(24)15-14(19)12-10(20-15)3-2-9(18)13(12)17/h2-3,20H,4-8H2,1H3. The van der Waals surface area contributed by atoms with Crippen molar-refractivity contribution in [3.8, 4) is 0 Å². The smallest absolute Gasteiger partial charge is 0.273 e. The van der Waals surface area contributed by atoms with Crippen LogP contribution in [-0.2, 0) is 9.53 Å². The third kappa shape index (κ3) is 3.19. The Labute approximate surface area is 147 Å². The average molecular weight is 372 g/mol. The highest BCUT2D eigenvalue weighted by Crippen LogP contribution is 2.31. The summed E-state index contributed by atoms with van der Waals surface area (Å²) in [5.74, 6) is -2.34. The molecule has 0 aliphatic carbocycles. The predicted octanol–water partition coefficient (Wildman–Crippen LogP) is 2.03. The number of ether oxygens (including phenoxy) is 1. The van der Waals surface area contributed by atoms with Crippen LogP contribution in [0.2, 0.25) is 5.02 Å². The molecule has 0 atom stereocenters.